The summed E-state index contributed by atoms with van der Waals surface area (Å²) in [5, 5.41) is 12.3. The lowest BCUT2D eigenvalue weighted by Crippen LogP contribution is -2.49. The van der Waals surface area contributed by atoms with Gasteiger partial charge >= 0.3 is 12.0 Å². The molecule has 5 heteroatoms. The third kappa shape index (κ3) is 2.91. The molecule has 1 unspecified atom stereocenters. The van der Waals surface area contributed by atoms with Crippen LogP contribution in [0.5, 0.6) is 0 Å². The van der Waals surface area contributed by atoms with Gasteiger partial charge in [0.15, 0.2) is 0 Å². The number of nitrogens with one attached hydrogen (secondary N) is 1. The van der Waals surface area contributed by atoms with Gasteiger partial charge in [-0.05, 0) is 31.6 Å². The van der Waals surface area contributed by atoms with Crippen LogP contribution in [0.2, 0.25) is 0 Å². The van der Waals surface area contributed by atoms with Crippen LogP contribution >= 0.6 is 0 Å². The molecule has 0 aromatic heterocycles. The van der Waals surface area contributed by atoms with Crippen LogP contribution in [-0.2, 0) is 4.79 Å². The zero-order valence-electron chi connectivity index (χ0n) is 12.5. The number of hydrogen-bond acceptors (Lipinski definition) is 2. The van der Waals surface area contributed by atoms with Gasteiger partial charge in [0.05, 0.1) is 5.41 Å². The van der Waals surface area contributed by atoms with Gasteiger partial charge in [0, 0.05) is 19.1 Å². The standard InChI is InChI=1S/C15H26N2O3/c1-11(2)12-6-5-9-17(12)14(20)16-10-15(13(18)19)7-3-4-8-15/h11-12H,3-10H2,1-2H3,(H,16,20)(H,18,19). The molecule has 2 amide bonds. The maximum absolute atomic E-state index is 12.3. The van der Waals surface area contributed by atoms with E-state index in [0.717, 1.165) is 32.2 Å². The predicted octanol–water partition coefficient (Wildman–Crippen LogP) is 2.46. The molecule has 2 N–H and O–H groups in total. The molecule has 1 aliphatic carbocycles. The van der Waals surface area contributed by atoms with Gasteiger partial charge in [-0.1, -0.05) is 26.7 Å². The van der Waals surface area contributed by atoms with Crippen molar-refractivity contribution in [1.29, 1.82) is 0 Å². The van der Waals surface area contributed by atoms with Crippen molar-refractivity contribution in [1.82, 2.24) is 10.2 Å². The van der Waals surface area contributed by atoms with Crippen molar-refractivity contribution in [2.24, 2.45) is 11.3 Å². The molecule has 1 saturated carbocycles. The van der Waals surface area contributed by atoms with Crippen LogP contribution in [0, 0.1) is 11.3 Å². The first-order chi connectivity index (χ1) is 9.46. The van der Waals surface area contributed by atoms with E-state index in [9.17, 15) is 14.7 Å². The number of aliphatic carboxylic acids is 1. The predicted molar refractivity (Wildman–Crippen MR) is 76.5 cm³/mol. The highest BCUT2D eigenvalue weighted by Crippen LogP contribution is 2.37. The van der Waals surface area contributed by atoms with E-state index in [1.165, 1.54) is 0 Å². The topological polar surface area (TPSA) is 69.6 Å². The minimum Gasteiger partial charge on any atom is -0.481 e. The normalized spacial score (nSPS) is 25.1. The molecular formula is C15H26N2O3. The van der Waals surface area contributed by atoms with Gasteiger partial charge in [-0.3, -0.25) is 4.79 Å². The minimum absolute atomic E-state index is 0.0891. The Hall–Kier alpha value is -1.26. The zero-order chi connectivity index (χ0) is 14.8. The van der Waals surface area contributed by atoms with E-state index in [-0.39, 0.29) is 12.6 Å². The summed E-state index contributed by atoms with van der Waals surface area (Å²) in [5.41, 5.74) is -0.733. The molecule has 20 heavy (non-hydrogen) atoms. The van der Waals surface area contributed by atoms with E-state index in [2.05, 4.69) is 19.2 Å². The smallest absolute Gasteiger partial charge is 0.317 e. The minimum atomic E-state index is -0.767. The molecule has 1 saturated heterocycles. The SMILES string of the molecule is CC(C)C1CCCN1C(=O)NCC1(C(=O)O)CCCC1. The first kappa shape index (κ1) is 15.1. The Kier molecular flexibility index (Phi) is 4.55. The summed E-state index contributed by atoms with van der Waals surface area (Å²) in [6, 6.07) is 0.202. The molecule has 2 fully saturated rings. The number of carboxylic acids is 1. The molecule has 1 atom stereocenters. The van der Waals surface area contributed by atoms with E-state index >= 15 is 0 Å². The molecule has 0 radical (unpaired) electrons. The van der Waals surface area contributed by atoms with E-state index < -0.39 is 11.4 Å². The summed E-state index contributed by atoms with van der Waals surface area (Å²) < 4.78 is 0. The summed E-state index contributed by atoms with van der Waals surface area (Å²) in [7, 11) is 0. The number of amides is 2. The maximum Gasteiger partial charge on any atom is 0.317 e. The Morgan fingerprint density at radius 2 is 1.95 bits per heavy atom. The second-order valence-electron chi connectivity index (χ2n) is 6.60. The fraction of sp³-hybridized carbons (Fsp3) is 0.867. The number of carbonyl (C=O) groups excluding carboxylic acids is 1. The van der Waals surface area contributed by atoms with Crippen LogP contribution in [0.25, 0.3) is 0 Å². The second-order valence-corrected chi connectivity index (χ2v) is 6.60. The van der Waals surface area contributed by atoms with Crippen LogP contribution in [0.1, 0.15) is 52.4 Å². The van der Waals surface area contributed by atoms with Gasteiger partial charge in [0.1, 0.15) is 0 Å². The fourth-order valence-electron chi connectivity index (χ4n) is 3.60. The lowest BCUT2D eigenvalue weighted by atomic mass is 9.86. The van der Waals surface area contributed by atoms with Gasteiger partial charge in [0.25, 0.3) is 0 Å². The van der Waals surface area contributed by atoms with Gasteiger partial charge < -0.3 is 15.3 Å². The maximum atomic E-state index is 12.3. The molecule has 0 bridgehead atoms. The van der Waals surface area contributed by atoms with E-state index in [1.807, 2.05) is 4.90 Å². The first-order valence-electron chi connectivity index (χ1n) is 7.74. The number of likely N-dealkylation sites (tertiary alicyclic amines) is 1. The monoisotopic (exact) mass is 282 g/mol. The molecule has 2 rings (SSSR count). The van der Waals surface area contributed by atoms with Crippen molar-refractivity contribution in [3.05, 3.63) is 0 Å². The summed E-state index contributed by atoms with van der Waals surface area (Å²) in [6.45, 7) is 5.31. The third-order valence-corrected chi connectivity index (χ3v) is 4.92. The number of nitrogens with zero attached hydrogens (tertiary/aromatic N) is 1. The fourth-order valence-corrected chi connectivity index (χ4v) is 3.60. The lowest BCUT2D eigenvalue weighted by molar-refractivity contribution is -0.148. The molecule has 114 valence electrons. The molecule has 0 aromatic carbocycles. The van der Waals surface area contributed by atoms with Gasteiger partial charge in [-0.2, -0.15) is 0 Å². The Labute approximate surface area is 120 Å². The Bertz CT molecular complexity index is 375. The number of hydrogen-bond donors (Lipinski definition) is 2. The molecule has 0 aromatic rings. The van der Waals surface area contributed by atoms with E-state index in [1.54, 1.807) is 0 Å². The number of carbonyl (C=O) groups is 2. The van der Waals surface area contributed by atoms with E-state index in [0.29, 0.717) is 24.8 Å². The van der Waals surface area contributed by atoms with Crippen LogP contribution in [0.4, 0.5) is 4.79 Å². The summed E-state index contributed by atoms with van der Waals surface area (Å²) in [6.07, 6.45) is 5.34. The molecular weight excluding hydrogens is 256 g/mol. The summed E-state index contributed by atoms with van der Waals surface area (Å²) in [5.74, 6) is -0.319. The van der Waals surface area contributed by atoms with Crippen LogP contribution in [-0.4, -0.2) is 41.1 Å². The van der Waals surface area contributed by atoms with Crippen molar-refractivity contribution in [2.75, 3.05) is 13.1 Å². The van der Waals surface area contributed by atoms with Crippen molar-refractivity contribution in [3.63, 3.8) is 0 Å². The largest absolute Gasteiger partial charge is 0.481 e. The van der Waals surface area contributed by atoms with Crippen LogP contribution in [0.15, 0.2) is 0 Å². The molecule has 2 aliphatic rings. The average molecular weight is 282 g/mol. The van der Waals surface area contributed by atoms with Crippen LogP contribution < -0.4 is 5.32 Å². The van der Waals surface area contributed by atoms with Crippen molar-refractivity contribution >= 4 is 12.0 Å². The zero-order valence-corrected chi connectivity index (χ0v) is 12.5. The van der Waals surface area contributed by atoms with Crippen molar-refractivity contribution < 1.29 is 14.7 Å². The van der Waals surface area contributed by atoms with Crippen LogP contribution in [0.3, 0.4) is 0 Å². The van der Waals surface area contributed by atoms with Crippen molar-refractivity contribution in [3.8, 4) is 0 Å². The van der Waals surface area contributed by atoms with E-state index in [4.69, 9.17) is 0 Å². The van der Waals surface area contributed by atoms with Crippen molar-refractivity contribution in [2.45, 2.75) is 58.4 Å². The number of rotatable bonds is 4. The highest BCUT2D eigenvalue weighted by atomic mass is 16.4. The summed E-state index contributed by atoms with van der Waals surface area (Å²) >= 11 is 0. The molecule has 5 nitrogen and oxygen atoms in total. The van der Waals surface area contributed by atoms with Gasteiger partial charge in [0.2, 0.25) is 0 Å². The highest BCUT2D eigenvalue weighted by Gasteiger charge is 2.42. The Morgan fingerprint density at radius 3 is 2.50 bits per heavy atom. The Morgan fingerprint density at radius 1 is 1.30 bits per heavy atom. The van der Waals surface area contributed by atoms with Gasteiger partial charge in [-0.15, -0.1) is 0 Å². The average Bonchev–Trinajstić information content (AvgIpc) is 3.05. The molecule has 1 aliphatic heterocycles. The molecule has 0 spiro atoms. The molecule has 1 heterocycles. The first-order valence-corrected chi connectivity index (χ1v) is 7.74. The Balaban J connectivity index is 1.93. The quantitative estimate of drug-likeness (QED) is 0.832. The number of carboxylic acid groups (broad SMARTS) is 1. The second kappa shape index (κ2) is 6.02. The lowest BCUT2D eigenvalue weighted by Gasteiger charge is -2.30. The van der Waals surface area contributed by atoms with Gasteiger partial charge in [-0.25, -0.2) is 4.79 Å². The summed E-state index contributed by atoms with van der Waals surface area (Å²) in [4.78, 5) is 25.7. The number of urea groups is 1. The highest BCUT2D eigenvalue weighted by molar-refractivity contribution is 5.78. The third-order valence-electron chi connectivity index (χ3n) is 4.92.